The third-order valence-corrected chi connectivity index (χ3v) is 3.82. The second kappa shape index (κ2) is 3.73. The highest BCUT2D eigenvalue weighted by Gasteiger charge is 2.28. The SMILES string of the molecule is Nc1ccccc1NS(=O)(=O)CC1CC1. The molecule has 1 aromatic carbocycles. The summed E-state index contributed by atoms with van der Waals surface area (Å²) in [5, 5.41) is 0. The van der Waals surface area contributed by atoms with Gasteiger partial charge in [0, 0.05) is 0 Å². The molecule has 0 spiro atoms. The summed E-state index contributed by atoms with van der Waals surface area (Å²) in [6.07, 6.45) is 2.04. The van der Waals surface area contributed by atoms with Crippen LogP contribution < -0.4 is 10.5 Å². The standard InChI is InChI=1S/C10H14N2O2S/c11-9-3-1-2-4-10(9)12-15(13,14)7-8-5-6-8/h1-4,8,12H,5-7,11H2. The first-order chi connectivity index (χ1) is 7.07. The molecule has 0 heterocycles. The molecule has 1 aromatic rings. The van der Waals surface area contributed by atoms with Gasteiger partial charge in [-0.25, -0.2) is 8.42 Å². The summed E-state index contributed by atoms with van der Waals surface area (Å²) >= 11 is 0. The minimum absolute atomic E-state index is 0.210. The number of hydrogen-bond acceptors (Lipinski definition) is 3. The summed E-state index contributed by atoms with van der Waals surface area (Å²) < 4.78 is 25.8. The highest BCUT2D eigenvalue weighted by Crippen LogP contribution is 2.31. The molecule has 1 aliphatic carbocycles. The van der Waals surface area contributed by atoms with Crippen LogP contribution >= 0.6 is 0 Å². The molecule has 0 aliphatic heterocycles. The third-order valence-electron chi connectivity index (χ3n) is 2.38. The number of nitrogens with two attached hydrogens (primary N) is 1. The minimum Gasteiger partial charge on any atom is -0.397 e. The van der Waals surface area contributed by atoms with Crippen molar-refractivity contribution in [2.75, 3.05) is 16.2 Å². The van der Waals surface area contributed by atoms with E-state index in [0.717, 1.165) is 12.8 Å². The van der Waals surface area contributed by atoms with Crippen LogP contribution in [0.25, 0.3) is 0 Å². The number of sulfonamides is 1. The monoisotopic (exact) mass is 226 g/mol. The molecule has 0 atom stereocenters. The summed E-state index contributed by atoms with van der Waals surface area (Å²) in [5.41, 5.74) is 6.57. The van der Waals surface area contributed by atoms with Crippen LogP contribution in [0.5, 0.6) is 0 Å². The van der Waals surface area contributed by atoms with E-state index in [0.29, 0.717) is 17.3 Å². The Morgan fingerprint density at radius 3 is 2.60 bits per heavy atom. The van der Waals surface area contributed by atoms with Gasteiger partial charge >= 0.3 is 0 Å². The number of rotatable bonds is 4. The van der Waals surface area contributed by atoms with Gasteiger partial charge in [0.15, 0.2) is 0 Å². The van der Waals surface area contributed by atoms with Gasteiger partial charge in [-0.1, -0.05) is 12.1 Å². The van der Waals surface area contributed by atoms with Crippen LogP contribution in [0.1, 0.15) is 12.8 Å². The van der Waals surface area contributed by atoms with Gasteiger partial charge in [-0.15, -0.1) is 0 Å². The lowest BCUT2D eigenvalue weighted by atomic mass is 10.3. The van der Waals surface area contributed by atoms with E-state index < -0.39 is 10.0 Å². The molecule has 0 saturated heterocycles. The van der Waals surface area contributed by atoms with Gasteiger partial charge in [-0.05, 0) is 30.9 Å². The number of benzene rings is 1. The van der Waals surface area contributed by atoms with E-state index >= 15 is 0 Å². The summed E-state index contributed by atoms with van der Waals surface area (Å²) in [6, 6.07) is 6.87. The first-order valence-electron chi connectivity index (χ1n) is 4.92. The first kappa shape index (κ1) is 10.3. The van der Waals surface area contributed by atoms with Gasteiger partial charge < -0.3 is 5.73 Å². The predicted molar refractivity (Wildman–Crippen MR) is 61.0 cm³/mol. The molecule has 3 N–H and O–H groups in total. The molecule has 0 radical (unpaired) electrons. The number of nitrogen functional groups attached to an aromatic ring is 1. The van der Waals surface area contributed by atoms with Crippen molar-refractivity contribution in [3.8, 4) is 0 Å². The molecular formula is C10H14N2O2S. The van der Waals surface area contributed by atoms with Crippen molar-refractivity contribution in [3.05, 3.63) is 24.3 Å². The molecule has 82 valence electrons. The van der Waals surface area contributed by atoms with E-state index in [4.69, 9.17) is 5.73 Å². The average Bonchev–Trinajstić information content (AvgIpc) is 2.91. The lowest BCUT2D eigenvalue weighted by Gasteiger charge is -2.09. The summed E-state index contributed by atoms with van der Waals surface area (Å²) in [4.78, 5) is 0. The van der Waals surface area contributed by atoms with Crippen LogP contribution in [0.2, 0.25) is 0 Å². The van der Waals surface area contributed by atoms with Crippen LogP contribution in [0.4, 0.5) is 11.4 Å². The Balaban J connectivity index is 2.10. The summed E-state index contributed by atoms with van der Waals surface area (Å²) in [7, 11) is -3.22. The first-order valence-corrected chi connectivity index (χ1v) is 6.57. The van der Waals surface area contributed by atoms with Crippen LogP contribution in [0.3, 0.4) is 0 Å². The molecule has 1 aliphatic rings. The Hall–Kier alpha value is -1.23. The Morgan fingerprint density at radius 1 is 1.33 bits per heavy atom. The smallest absolute Gasteiger partial charge is 0.233 e. The maximum Gasteiger partial charge on any atom is 0.233 e. The van der Waals surface area contributed by atoms with Crippen LogP contribution in [0.15, 0.2) is 24.3 Å². The second-order valence-corrected chi connectivity index (χ2v) is 5.68. The van der Waals surface area contributed by atoms with Gasteiger partial charge in [-0.3, -0.25) is 4.72 Å². The molecule has 0 amide bonds. The van der Waals surface area contributed by atoms with E-state index in [2.05, 4.69) is 4.72 Å². The number of anilines is 2. The Bertz CT molecular complexity index is 452. The summed E-state index contributed by atoms with van der Waals surface area (Å²) in [5.74, 6) is 0.550. The van der Waals surface area contributed by atoms with E-state index in [9.17, 15) is 8.42 Å². The lowest BCUT2D eigenvalue weighted by molar-refractivity contribution is 0.597. The highest BCUT2D eigenvalue weighted by atomic mass is 32.2. The molecule has 4 nitrogen and oxygen atoms in total. The third kappa shape index (κ3) is 2.86. The lowest BCUT2D eigenvalue weighted by Crippen LogP contribution is -2.18. The van der Waals surface area contributed by atoms with Gasteiger partial charge in [0.05, 0.1) is 17.1 Å². The largest absolute Gasteiger partial charge is 0.397 e. The van der Waals surface area contributed by atoms with Gasteiger partial charge in [-0.2, -0.15) is 0 Å². The maximum atomic E-state index is 11.6. The van der Waals surface area contributed by atoms with Crippen molar-refractivity contribution < 1.29 is 8.42 Å². The minimum atomic E-state index is -3.22. The van der Waals surface area contributed by atoms with Crippen molar-refractivity contribution in [2.45, 2.75) is 12.8 Å². The van der Waals surface area contributed by atoms with Crippen LogP contribution in [-0.4, -0.2) is 14.2 Å². The zero-order valence-corrected chi connectivity index (χ0v) is 9.13. The number of hydrogen-bond donors (Lipinski definition) is 2. The highest BCUT2D eigenvalue weighted by molar-refractivity contribution is 7.92. The molecule has 1 fully saturated rings. The molecule has 5 heteroatoms. The molecule has 0 unspecified atom stereocenters. The van der Waals surface area contributed by atoms with E-state index in [1.54, 1.807) is 24.3 Å². The zero-order chi connectivity index (χ0) is 10.9. The van der Waals surface area contributed by atoms with Crippen molar-refractivity contribution >= 4 is 21.4 Å². The quantitative estimate of drug-likeness (QED) is 0.763. The van der Waals surface area contributed by atoms with Crippen LogP contribution in [0, 0.1) is 5.92 Å². The average molecular weight is 226 g/mol. The van der Waals surface area contributed by atoms with Crippen molar-refractivity contribution in [1.29, 1.82) is 0 Å². The number of para-hydroxylation sites is 2. The molecular weight excluding hydrogens is 212 g/mol. The maximum absolute atomic E-state index is 11.6. The van der Waals surface area contributed by atoms with Crippen molar-refractivity contribution in [3.63, 3.8) is 0 Å². The molecule has 0 bridgehead atoms. The Labute approximate surface area is 89.5 Å². The van der Waals surface area contributed by atoms with Gasteiger partial charge in [0.2, 0.25) is 10.0 Å². The fourth-order valence-corrected chi connectivity index (χ4v) is 2.95. The van der Waals surface area contributed by atoms with Gasteiger partial charge in [0.1, 0.15) is 0 Å². The van der Waals surface area contributed by atoms with Crippen molar-refractivity contribution in [1.82, 2.24) is 0 Å². The zero-order valence-electron chi connectivity index (χ0n) is 8.31. The second-order valence-electron chi connectivity index (χ2n) is 3.91. The van der Waals surface area contributed by atoms with E-state index in [1.165, 1.54) is 0 Å². The topological polar surface area (TPSA) is 72.2 Å². The van der Waals surface area contributed by atoms with E-state index in [1.807, 2.05) is 0 Å². The van der Waals surface area contributed by atoms with Crippen LogP contribution in [-0.2, 0) is 10.0 Å². The molecule has 2 rings (SSSR count). The fraction of sp³-hybridized carbons (Fsp3) is 0.400. The fourth-order valence-electron chi connectivity index (χ4n) is 1.39. The molecule has 0 aromatic heterocycles. The molecule has 1 saturated carbocycles. The van der Waals surface area contributed by atoms with E-state index in [-0.39, 0.29) is 5.75 Å². The number of nitrogens with one attached hydrogen (secondary N) is 1. The van der Waals surface area contributed by atoms with Crippen molar-refractivity contribution in [2.24, 2.45) is 5.92 Å². The molecule has 15 heavy (non-hydrogen) atoms. The Kier molecular flexibility index (Phi) is 2.56. The normalized spacial score (nSPS) is 16.3. The predicted octanol–water partition coefficient (Wildman–Crippen LogP) is 1.42. The Morgan fingerprint density at radius 2 is 2.00 bits per heavy atom. The van der Waals surface area contributed by atoms with Gasteiger partial charge in [0.25, 0.3) is 0 Å². The summed E-state index contributed by atoms with van der Waals surface area (Å²) in [6.45, 7) is 0.